The van der Waals surface area contributed by atoms with Crippen molar-refractivity contribution in [1.29, 1.82) is 10.5 Å². The smallest absolute Gasteiger partial charge is 0.0991 e. The Bertz CT molecular complexity index is 2310. The van der Waals surface area contributed by atoms with Gasteiger partial charge in [0.2, 0.25) is 0 Å². The first-order valence-electron chi connectivity index (χ1n) is 16.9. The van der Waals surface area contributed by atoms with Crippen molar-refractivity contribution in [2.45, 2.75) is 26.2 Å². The van der Waals surface area contributed by atoms with Crippen molar-refractivity contribution in [1.82, 2.24) is 0 Å². The third-order valence-electron chi connectivity index (χ3n) is 9.21. The molecule has 0 spiro atoms. The molecule has 0 radical (unpaired) electrons. The van der Waals surface area contributed by atoms with Crippen molar-refractivity contribution in [3.8, 4) is 78.9 Å². The third-order valence-corrected chi connectivity index (χ3v) is 9.21. The molecular weight excluding hydrogens is 605 g/mol. The zero-order valence-electron chi connectivity index (χ0n) is 28.5. The number of nitriles is 2. The van der Waals surface area contributed by atoms with Gasteiger partial charge in [-0.25, -0.2) is 0 Å². The first kappa shape index (κ1) is 32.1. The number of benzene rings is 7. The molecule has 0 N–H and O–H groups in total. The molecule has 0 unspecified atom stereocenters. The Morgan fingerprint density at radius 1 is 0.320 bits per heavy atom. The lowest BCUT2D eigenvalue weighted by atomic mass is 9.82. The molecule has 0 aromatic heterocycles. The van der Waals surface area contributed by atoms with Crippen LogP contribution in [0.15, 0.2) is 164 Å². The lowest BCUT2D eigenvalue weighted by Crippen LogP contribution is -2.11. The molecule has 0 aliphatic rings. The van der Waals surface area contributed by atoms with E-state index in [-0.39, 0.29) is 5.41 Å². The molecule has 0 amide bonds. The molecule has 0 saturated heterocycles. The molecule has 0 aliphatic carbocycles. The number of hydrogen-bond acceptors (Lipinski definition) is 2. The van der Waals surface area contributed by atoms with Crippen molar-refractivity contribution >= 4 is 0 Å². The summed E-state index contributed by atoms with van der Waals surface area (Å²) in [5, 5.41) is 19.1. The molecule has 0 saturated carbocycles. The Labute approximate surface area is 295 Å². The highest BCUT2D eigenvalue weighted by molar-refractivity contribution is 5.85. The minimum Gasteiger partial charge on any atom is -0.192 e. The topological polar surface area (TPSA) is 47.6 Å². The van der Waals surface area contributed by atoms with E-state index in [1.54, 1.807) is 0 Å². The second-order valence-corrected chi connectivity index (χ2v) is 13.8. The second-order valence-electron chi connectivity index (χ2n) is 13.8. The SMILES string of the molecule is CC(C)(C)c1cc(-c2ccccc2)cc(-c2cc(-c3cccc(-c4cccc(C#N)c4)c3)cc(-c3cccc(-c4cccc(C#N)c4)c3)c2)c1. The van der Waals surface area contributed by atoms with Gasteiger partial charge in [0.05, 0.1) is 23.3 Å². The van der Waals surface area contributed by atoms with Gasteiger partial charge in [0.1, 0.15) is 0 Å². The summed E-state index contributed by atoms with van der Waals surface area (Å²) in [7, 11) is 0. The van der Waals surface area contributed by atoms with Crippen molar-refractivity contribution in [2.24, 2.45) is 0 Å². The van der Waals surface area contributed by atoms with Gasteiger partial charge in [-0.2, -0.15) is 10.5 Å². The Kier molecular flexibility index (Phi) is 8.70. The fourth-order valence-corrected chi connectivity index (χ4v) is 6.45. The molecule has 0 atom stereocenters. The lowest BCUT2D eigenvalue weighted by molar-refractivity contribution is 0.590. The maximum atomic E-state index is 9.54. The molecule has 7 rings (SSSR count). The Balaban J connectivity index is 1.43. The first-order valence-corrected chi connectivity index (χ1v) is 16.9. The van der Waals surface area contributed by atoms with E-state index in [2.05, 4.69) is 160 Å². The summed E-state index contributed by atoms with van der Waals surface area (Å²) >= 11 is 0. The molecule has 7 aromatic rings. The van der Waals surface area contributed by atoms with Gasteiger partial charge in [-0.15, -0.1) is 0 Å². The van der Waals surface area contributed by atoms with Gasteiger partial charge in [-0.1, -0.05) is 124 Å². The maximum Gasteiger partial charge on any atom is 0.0991 e. The van der Waals surface area contributed by atoms with Crippen molar-refractivity contribution in [2.75, 3.05) is 0 Å². The maximum absolute atomic E-state index is 9.54. The molecule has 50 heavy (non-hydrogen) atoms. The Hall–Kier alpha value is -6.48. The number of rotatable bonds is 6. The highest BCUT2D eigenvalue weighted by Gasteiger charge is 2.18. The molecule has 0 aliphatic heterocycles. The first-order chi connectivity index (χ1) is 24.3. The predicted molar refractivity (Wildman–Crippen MR) is 207 cm³/mol. The van der Waals surface area contributed by atoms with E-state index >= 15 is 0 Å². The van der Waals surface area contributed by atoms with E-state index in [1.807, 2.05) is 36.4 Å². The van der Waals surface area contributed by atoms with Gasteiger partial charge in [-0.3, -0.25) is 0 Å². The third kappa shape index (κ3) is 6.88. The van der Waals surface area contributed by atoms with E-state index < -0.39 is 0 Å². The highest BCUT2D eigenvalue weighted by Crippen LogP contribution is 2.39. The predicted octanol–water partition coefficient (Wildman–Crippen LogP) is 12.7. The van der Waals surface area contributed by atoms with Crippen molar-refractivity contribution in [3.63, 3.8) is 0 Å². The van der Waals surface area contributed by atoms with Crippen LogP contribution in [0.2, 0.25) is 0 Å². The standard InChI is InChI=1S/C48H36N2/c1-48(2,3)47-29-45(35-13-5-4-6-14-35)28-46(30-47)44-26-42(40-19-9-17-38(23-40)36-15-7-11-33(21-36)31-49)25-43(27-44)41-20-10-18-39(24-41)37-16-8-12-34(22-37)32-50/h4-30H,1-3H3. The largest absolute Gasteiger partial charge is 0.192 e. The van der Waals surface area contributed by atoms with Crippen LogP contribution in [0.3, 0.4) is 0 Å². The monoisotopic (exact) mass is 640 g/mol. The number of nitrogens with zero attached hydrogens (tertiary/aromatic N) is 2. The van der Waals surface area contributed by atoms with Gasteiger partial charge in [-0.05, 0) is 138 Å². The summed E-state index contributed by atoms with van der Waals surface area (Å²) < 4.78 is 0. The Morgan fingerprint density at radius 2 is 0.620 bits per heavy atom. The van der Waals surface area contributed by atoms with Gasteiger partial charge in [0, 0.05) is 0 Å². The summed E-state index contributed by atoms with van der Waals surface area (Å²) in [6.45, 7) is 6.80. The highest BCUT2D eigenvalue weighted by atomic mass is 14.2. The van der Waals surface area contributed by atoms with Crippen LogP contribution in [-0.2, 0) is 5.41 Å². The van der Waals surface area contributed by atoms with Gasteiger partial charge in [0.25, 0.3) is 0 Å². The van der Waals surface area contributed by atoms with Crippen LogP contribution in [-0.4, -0.2) is 0 Å². The molecule has 0 bridgehead atoms. The van der Waals surface area contributed by atoms with E-state index in [9.17, 15) is 10.5 Å². The fraction of sp³-hybridized carbons (Fsp3) is 0.0833. The molecule has 0 heterocycles. The van der Waals surface area contributed by atoms with E-state index in [1.165, 1.54) is 16.7 Å². The zero-order chi connectivity index (χ0) is 34.7. The zero-order valence-corrected chi connectivity index (χ0v) is 28.5. The second kappa shape index (κ2) is 13.6. The summed E-state index contributed by atoms with van der Waals surface area (Å²) in [4.78, 5) is 0. The van der Waals surface area contributed by atoms with Crippen LogP contribution in [0.4, 0.5) is 0 Å². The van der Waals surface area contributed by atoms with Crippen LogP contribution in [0.25, 0.3) is 66.8 Å². The van der Waals surface area contributed by atoms with Gasteiger partial charge >= 0.3 is 0 Å². The van der Waals surface area contributed by atoms with Crippen LogP contribution in [0, 0.1) is 22.7 Å². The summed E-state index contributed by atoms with van der Waals surface area (Å²) in [5.74, 6) is 0. The molecular formula is C48H36N2. The Morgan fingerprint density at radius 3 is 1.04 bits per heavy atom. The van der Waals surface area contributed by atoms with E-state index in [0.717, 1.165) is 55.6 Å². The quantitative estimate of drug-likeness (QED) is 0.182. The molecule has 0 fully saturated rings. The number of hydrogen-bond donors (Lipinski definition) is 0. The molecule has 238 valence electrons. The van der Waals surface area contributed by atoms with E-state index in [0.29, 0.717) is 11.1 Å². The normalized spacial score (nSPS) is 11.1. The van der Waals surface area contributed by atoms with Crippen LogP contribution in [0.1, 0.15) is 37.5 Å². The van der Waals surface area contributed by atoms with Gasteiger partial charge < -0.3 is 0 Å². The van der Waals surface area contributed by atoms with Crippen molar-refractivity contribution in [3.05, 3.63) is 180 Å². The van der Waals surface area contributed by atoms with Crippen LogP contribution in [0.5, 0.6) is 0 Å². The summed E-state index contributed by atoms with van der Waals surface area (Å²) in [5.41, 5.74) is 15.8. The minimum atomic E-state index is -0.0431. The summed E-state index contributed by atoms with van der Waals surface area (Å²) in [6.07, 6.45) is 0. The van der Waals surface area contributed by atoms with Gasteiger partial charge in [0.15, 0.2) is 0 Å². The minimum absolute atomic E-state index is 0.0431. The van der Waals surface area contributed by atoms with Crippen molar-refractivity contribution < 1.29 is 0 Å². The fourth-order valence-electron chi connectivity index (χ4n) is 6.45. The van der Waals surface area contributed by atoms with Crippen LogP contribution >= 0.6 is 0 Å². The molecule has 2 heteroatoms. The average molecular weight is 641 g/mol. The molecule has 2 nitrogen and oxygen atoms in total. The molecule has 7 aromatic carbocycles. The average Bonchev–Trinajstić information content (AvgIpc) is 3.17. The van der Waals surface area contributed by atoms with E-state index in [4.69, 9.17) is 0 Å². The van der Waals surface area contributed by atoms with Crippen LogP contribution < -0.4 is 0 Å². The summed E-state index contributed by atoms with van der Waals surface area (Å²) in [6, 6.07) is 61.6. The lowest BCUT2D eigenvalue weighted by Gasteiger charge is -2.22.